The lowest BCUT2D eigenvalue weighted by atomic mass is 10.0. The second-order valence-corrected chi connectivity index (χ2v) is 4.28. The molecule has 0 aliphatic carbocycles. The van der Waals surface area contributed by atoms with E-state index >= 15 is 0 Å². The quantitative estimate of drug-likeness (QED) is 0.894. The zero-order valence-electron chi connectivity index (χ0n) is 10.7. The van der Waals surface area contributed by atoms with Crippen molar-refractivity contribution in [2.75, 3.05) is 6.54 Å². The molecule has 0 aliphatic heterocycles. The standard InChI is InChI=1S/C15H16F2N2/c1-2-18-14(10-11-6-3-4-9-19-11)12-7-5-8-13(16)15(12)17/h3-9,14,18H,2,10H2,1H3. The Morgan fingerprint density at radius 1 is 1.16 bits per heavy atom. The Morgan fingerprint density at radius 3 is 2.68 bits per heavy atom. The summed E-state index contributed by atoms with van der Waals surface area (Å²) >= 11 is 0. The smallest absolute Gasteiger partial charge is 0.163 e. The van der Waals surface area contributed by atoms with Gasteiger partial charge in [-0.25, -0.2) is 8.78 Å². The number of nitrogens with one attached hydrogen (secondary N) is 1. The average molecular weight is 262 g/mol. The van der Waals surface area contributed by atoms with Gasteiger partial charge in [0.05, 0.1) is 0 Å². The molecule has 0 saturated carbocycles. The molecule has 0 bridgehead atoms. The van der Waals surface area contributed by atoms with E-state index in [1.807, 2.05) is 25.1 Å². The molecule has 1 aromatic heterocycles. The Balaban J connectivity index is 2.27. The Bertz CT molecular complexity index is 529. The fraction of sp³-hybridized carbons (Fsp3) is 0.267. The van der Waals surface area contributed by atoms with Crippen LogP contribution in [0.5, 0.6) is 0 Å². The molecule has 2 aromatic rings. The van der Waals surface area contributed by atoms with Crippen molar-refractivity contribution < 1.29 is 8.78 Å². The van der Waals surface area contributed by atoms with E-state index in [1.165, 1.54) is 6.07 Å². The van der Waals surface area contributed by atoms with E-state index in [0.29, 0.717) is 18.5 Å². The molecule has 2 rings (SSSR count). The Kier molecular flexibility index (Phi) is 4.58. The Labute approximate surface area is 111 Å². The molecular weight excluding hydrogens is 246 g/mol. The molecule has 0 fully saturated rings. The van der Waals surface area contributed by atoms with Crippen molar-refractivity contribution in [2.24, 2.45) is 0 Å². The SMILES string of the molecule is CCNC(Cc1ccccn1)c1cccc(F)c1F. The first-order valence-corrected chi connectivity index (χ1v) is 6.29. The molecule has 0 saturated heterocycles. The summed E-state index contributed by atoms with van der Waals surface area (Å²) in [6, 6.07) is 9.56. The summed E-state index contributed by atoms with van der Waals surface area (Å²) in [5.41, 5.74) is 1.18. The second kappa shape index (κ2) is 6.38. The summed E-state index contributed by atoms with van der Waals surface area (Å²) in [5.74, 6) is -1.61. The zero-order chi connectivity index (χ0) is 13.7. The number of aromatic nitrogens is 1. The van der Waals surface area contributed by atoms with Crippen molar-refractivity contribution in [3.8, 4) is 0 Å². The number of pyridine rings is 1. The molecule has 100 valence electrons. The van der Waals surface area contributed by atoms with Crippen LogP contribution >= 0.6 is 0 Å². The van der Waals surface area contributed by atoms with Gasteiger partial charge in [0.1, 0.15) is 0 Å². The van der Waals surface area contributed by atoms with Gasteiger partial charge in [-0.2, -0.15) is 0 Å². The fourth-order valence-corrected chi connectivity index (χ4v) is 2.06. The van der Waals surface area contributed by atoms with Crippen LogP contribution in [0.2, 0.25) is 0 Å². The van der Waals surface area contributed by atoms with Crippen molar-refractivity contribution in [3.05, 3.63) is 65.5 Å². The lowest BCUT2D eigenvalue weighted by Crippen LogP contribution is -2.24. The van der Waals surface area contributed by atoms with Crippen molar-refractivity contribution in [1.82, 2.24) is 10.3 Å². The maximum Gasteiger partial charge on any atom is 0.163 e. The maximum atomic E-state index is 13.8. The van der Waals surface area contributed by atoms with Crippen molar-refractivity contribution in [1.29, 1.82) is 0 Å². The van der Waals surface area contributed by atoms with Crippen molar-refractivity contribution in [2.45, 2.75) is 19.4 Å². The summed E-state index contributed by atoms with van der Waals surface area (Å²) < 4.78 is 27.1. The first-order chi connectivity index (χ1) is 9.22. The van der Waals surface area contributed by atoms with Crippen LogP contribution in [0.3, 0.4) is 0 Å². The average Bonchev–Trinajstić information content (AvgIpc) is 2.43. The number of nitrogens with zero attached hydrogens (tertiary/aromatic N) is 1. The summed E-state index contributed by atoms with van der Waals surface area (Å²) in [5, 5.41) is 3.17. The van der Waals surface area contributed by atoms with Crippen LogP contribution in [0.1, 0.15) is 24.2 Å². The predicted molar refractivity (Wildman–Crippen MR) is 70.7 cm³/mol. The molecule has 0 spiro atoms. The first kappa shape index (κ1) is 13.6. The minimum atomic E-state index is -0.818. The van der Waals surface area contributed by atoms with Gasteiger partial charge in [-0.3, -0.25) is 4.98 Å². The molecule has 0 radical (unpaired) electrons. The molecule has 1 N–H and O–H groups in total. The fourth-order valence-electron chi connectivity index (χ4n) is 2.06. The van der Waals surface area contributed by atoms with Gasteiger partial charge in [0.25, 0.3) is 0 Å². The Morgan fingerprint density at radius 2 is 2.00 bits per heavy atom. The summed E-state index contributed by atoms with van der Waals surface area (Å²) in [4.78, 5) is 4.22. The molecule has 1 atom stereocenters. The molecule has 19 heavy (non-hydrogen) atoms. The van der Waals surface area contributed by atoms with Crippen molar-refractivity contribution in [3.63, 3.8) is 0 Å². The molecule has 4 heteroatoms. The highest BCUT2D eigenvalue weighted by atomic mass is 19.2. The van der Waals surface area contributed by atoms with E-state index < -0.39 is 11.6 Å². The van der Waals surface area contributed by atoms with E-state index in [4.69, 9.17) is 0 Å². The number of hydrogen-bond donors (Lipinski definition) is 1. The van der Waals surface area contributed by atoms with Crippen LogP contribution < -0.4 is 5.32 Å². The van der Waals surface area contributed by atoms with Crippen LogP contribution in [0.25, 0.3) is 0 Å². The summed E-state index contributed by atoms with van der Waals surface area (Å²) in [6.45, 7) is 2.61. The monoisotopic (exact) mass is 262 g/mol. The first-order valence-electron chi connectivity index (χ1n) is 6.29. The van der Waals surface area contributed by atoms with E-state index in [-0.39, 0.29) is 6.04 Å². The van der Waals surface area contributed by atoms with E-state index in [1.54, 1.807) is 12.3 Å². The van der Waals surface area contributed by atoms with Crippen LogP contribution in [-0.4, -0.2) is 11.5 Å². The normalized spacial score (nSPS) is 12.4. The zero-order valence-corrected chi connectivity index (χ0v) is 10.7. The highest BCUT2D eigenvalue weighted by Crippen LogP contribution is 2.22. The number of rotatable bonds is 5. The molecule has 0 aliphatic rings. The number of halogens is 2. The summed E-state index contributed by atoms with van der Waals surface area (Å²) in [6.07, 6.45) is 2.22. The van der Waals surface area contributed by atoms with Crippen LogP contribution in [0, 0.1) is 11.6 Å². The summed E-state index contributed by atoms with van der Waals surface area (Å²) in [7, 11) is 0. The van der Waals surface area contributed by atoms with Crippen LogP contribution in [0.15, 0.2) is 42.6 Å². The van der Waals surface area contributed by atoms with E-state index in [2.05, 4.69) is 10.3 Å². The number of benzene rings is 1. The predicted octanol–water partition coefficient (Wildman–Crippen LogP) is 3.25. The van der Waals surface area contributed by atoms with Crippen molar-refractivity contribution >= 4 is 0 Å². The van der Waals surface area contributed by atoms with Gasteiger partial charge in [0.15, 0.2) is 11.6 Å². The third kappa shape index (κ3) is 3.35. The highest BCUT2D eigenvalue weighted by Gasteiger charge is 2.18. The minimum absolute atomic E-state index is 0.282. The third-order valence-corrected chi connectivity index (χ3v) is 2.95. The minimum Gasteiger partial charge on any atom is -0.310 e. The van der Waals surface area contributed by atoms with Gasteiger partial charge in [-0.15, -0.1) is 0 Å². The molecule has 1 unspecified atom stereocenters. The number of hydrogen-bond acceptors (Lipinski definition) is 2. The lowest BCUT2D eigenvalue weighted by molar-refractivity contribution is 0.463. The Hall–Kier alpha value is -1.81. The van der Waals surface area contributed by atoms with Gasteiger partial charge in [0, 0.05) is 29.9 Å². The lowest BCUT2D eigenvalue weighted by Gasteiger charge is -2.18. The molecular formula is C15H16F2N2. The van der Waals surface area contributed by atoms with Gasteiger partial charge >= 0.3 is 0 Å². The molecule has 2 nitrogen and oxygen atoms in total. The largest absolute Gasteiger partial charge is 0.310 e. The van der Waals surface area contributed by atoms with Gasteiger partial charge in [-0.05, 0) is 24.7 Å². The topological polar surface area (TPSA) is 24.9 Å². The van der Waals surface area contributed by atoms with Crippen LogP contribution in [-0.2, 0) is 6.42 Å². The van der Waals surface area contributed by atoms with Gasteiger partial charge < -0.3 is 5.32 Å². The number of likely N-dealkylation sites (N-methyl/N-ethyl adjacent to an activating group) is 1. The van der Waals surface area contributed by atoms with E-state index in [9.17, 15) is 8.78 Å². The van der Waals surface area contributed by atoms with Crippen LogP contribution in [0.4, 0.5) is 8.78 Å². The van der Waals surface area contributed by atoms with Gasteiger partial charge in [0.2, 0.25) is 0 Å². The second-order valence-electron chi connectivity index (χ2n) is 4.28. The maximum absolute atomic E-state index is 13.8. The van der Waals surface area contributed by atoms with Gasteiger partial charge in [-0.1, -0.05) is 25.1 Å². The third-order valence-electron chi connectivity index (χ3n) is 2.95. The molecule has 1 heterocycles. The van der Waals surface area contributed by atoms with E-state index in [0.717, 1.165) is 11.8 Å². The molecule has 0 amide bonds. The molecule has 1 aromatic carbocycles. The highest BCUT2D eigenvalue weighted by molar-refractivity contribution is 5.24.